The fourth-order valence-electron chi connectivity index (χ4n) is 4.41. The maximum atomic E-state index is 11.0. The number of hydrogen-bond acceptors (Lipinski definition) is 1. The van der Waals surface area contributed by atoms with Gasteiger partial charge in [-0.05, 0) is 48.3 Å². The van der Waals surface area contributed by atoms with Gasteiger partial charge in [-0.25, -0.2) is 0 Å². The average molecular weight is 194 g/mol. The quantitative estimate of drug-likeness (QED) is 0.696. The van der Waals surface area contributed by atoms with Crippen LogP contribution in [0.3, 0.4) is 0 Å². The van der Waals surface area contributed by atoms with Crippen LogP contribution < -0.4 is 0 Å². The van der Waals surface area contributed by atoms with Gasteiger partial charge in [-0.1, -0.05) is 13.8 Å². The van der Waals surface area contributed by atoms with E-state index in [0.29, 0.717) is 11.3 Å². The lowest BCUT2D eigenvalue weighted by atomic mass is 9.44. The van der Waals surface area contributed by atoms with Crippen molar-refractivity contribution >= 4 is 5.97 Å². The van der Waals surface area contributed by atoms with Crippen LogP contribution >= 0.6 is 0 Å². The number of carbonyl (C=O) groups is 1. The molecular formula is C12H18O2. The fourth-order valence-corrected chi connectivity index (χ4v) is 4.41. The summed E-state index contributed by atoms with van der Waals surface area (Å²) in [6.07, 6.45) is 4.72. The molecule has 4 atom stereocenters. The maximum absolute atomic E-state index is 11.0. The van der Waals surface area contributed by atoms with Crippen LogP contribution in [0, 0.1) is 28.6 Å². The van der Waals surface area contributed by atoms with Crippen LogP contribution in [-0.4, -0.2) is 11.1 Å². The topological polar surface area (TPSA) is 37.3 Å². The molecule has 0 radical (unpaired) electrons. The van der Waals surface area contributed by atoms with E-state index in [9.17, 15) is 4.79 Å². The van der Waals surface area contributed by atoms with Crippen molar-refractivity contribution in [3.8, 4) is 0 Å². The Morgan fingerprint density at radius 1 is 1.43 bits per heavy atom. The van der Waals surface area contributed by atoms with E-state index in [4.69, 9.17) is 5.11 Å². The average Bonchev–Trinajstić information content (AvgIpc) is 2.79. The third kappa shape index (κ3) is 0.768. The highest BCUT2D eigenvalue weighted by Gasteiger charge is 2.72. The van der Waals surface area contributed by atoms with Gasteiger partial charge in [0, 0.05) is 0 Å². The first-order valence-corrected chi connectivity index (χ1v) is 5.71. The van der Waals surface area contributed by atoms with Crippen LogP contribution in [0.25, 0.3) is 0 Å². The molecule has 0 amide bonds. The molecule has 4 saturated carbocycles. The molecule has 2 bridgehead atoms. The van der Waals surface area contributed by atoms with Gasteiger partial charge in [-0.15, -0.1) is 0 Å². The molecule has 4 fully saturated rings. The monoisotopic (exact) mass is 194 g/mol. The molecule has 2 nitrogen and oxygen atoms in total. The van der Waals surface area contributed by atoms with Crippen molar-refractivity contribution in [3.05, 3.63) is 0 Å². The second-order valence-corrected chi connectivity index (χ2v) is 6.17. The fraction of sp³-hybridized carbons (Fsp3) is 0.917. The highest BCUT2D eigenvalue weighted by Crippen LogP contribution is 2.76. The summed E-state index contributed by atoms with van der Waals surface area (Å²) in [5, 5.41) is 9.08. The zero-order valence-electron chi connectivity index (χ0n) is 8.92. The van der Waals surface area contributed by atoms with Crippen molar-refractivity contribution in [1.82, 2.24) is 0 Å². The van der Waals surface area contributed by atoms with E-state index in [0.717, 1.165) is 12.3 Å². The summed E-state index contributed by atoms with van der Waals surface area (Å²) < 4.78 is 0. The minimum Gasteiger partial charge on any atom is -0.481 e. The molecule has 2 heteroatoms. The van der Waals surface area contributed by atoms with Crippen LogP contribution in [0.2, 0.25) is 0 Å². The van der Waals surface area contributed by atoms with E-state index in [-0.39, 0.29) is 11.3 Å². The largest absolute Gasteiger partial charge is 0.481 e. The van der Waals surface area contributed by atoms with Crippen LogP contribution in [0.15, 0.2) is 0 Å². The lowest BCUT2D eigenvalue weighted by molar-refractivity contribution is -0.148. The Hall–Kier alpha value is -0.530. The summed E-state index contributed by atoms with van der Waals surface area (Å²) in [5.74, 6) is 1.03. The summed E-state index contributed by atoms with van der Waals surface area (Å²) >= 11 is 0. The van der Waals surface area contributed by atoms with E-state index in [2.05, 4.69) is 13.8 Å². The molecule has 1 N–H and O–H groups in total. The zero-order chi connectivity index (χ0) is 10.1. The Bertz CT molecular complexity index is 305. The summed E-state index contributed by atoms with van der Waals surface area (Å²) in [7, 11) is 0. The van der Waals surface area contributed by atoms with Crippen molar-refractivity contribution in [1.29, 1.82) is 0 Å². The Labute approximate surface area is 84.7 Å². The molecule has 0 heterocycles. The van der Waals surface area contributed by atoms with Gasteiger partial charge in [0.1, 0.15) is 0 Å². The van der Waals surface area contributed by atoms with Crippen molar-refractivity contribution in [2.75, 3.05) is 0 Å². The Kier molecular flexibility index (Phi) is 1.36. The Balaban J connectivity index is 1.87. The molecule has 0 aromatic rings. The van der Waals surface area contributed by atoms with E-state index in [1.165, 1.54) is 19.3 Å². The first-order chi connectivity index (χ1) is 6.48. The van der Waals surface area contributed by atoms with Gasteiger partial charge in [0.05, 0.1) is 5.92 Å². The van der Waals surface area contributed by atoms with Crippen LogP contribution in [0.4, 0.5) is 0 Å². The zero-order valence-corrected chi connectivity index (χ0v) is 8.92. The summed E-state index contributed by atoms with van der Waals surface area (Å²) in [5.41, 5.74) is 0.659. The van der Waals surface area contributed by atoms with Crippen molar-refractivity contribution < 1.29 is 9.90 Å². The number of carboxylic acid groups (broad SMARTS) is 1. The molecule has 4 aliphatic carbocycles. The number of rotatable bonds is 1. The van der Waals surface area contributed by atoms with Crippen molar-refractivity contribution in [2.24, 2.45) is 28.6 Å². The highest BCUT2D eigenvalue weighted by molar-refractivity contribution is 5.75. The number of carboxylic acids is 1. The number of hydrogen-bond donors (Lipinski definition) is 1. The summed E-state index contributed by atoms with van der Waals surface area (Å²) in [6.45, 7) is 4.67. The van der Waals surface area contributed by atoms with E-state index >= 15 is 0 Å². The molecule has 78 valence electrons. The second-order valence-electron chi connectivity index (χ2n) is 6.17. The normalized spacial score (nSPS) is 52.6. The van der Waals surface area contributed by atoms with Gasteiger partial charge in [0.2, 0.25) is 0 Å². The van der Waals surface area contributed by atoms with Crippen LogP contribution in [-0.2, 0) is 4.79 Å². The van der Waals surface area contributed by atoms with E-state index in [1.54, 1.807) is 0 Å². The third-order valence-corrected chi connectivity index (χ3v) is 5.54. The number of aliphatic carboxylic acids is 1. The van der Waals surface area contributed by atoms with Gasteiger partial charge in [0.15, 0.2) is 0 Å². The lowest BCUT2D eigenvalue weighted by Gasteiger charge is -2.61. The Morgan fingerprint density at radius 2 is 2.14 bits per heavy atom. The molecule has 4 rings (SSSR count). The number of fused-ring (bicyclic) bond motifs is 1. The van der Waals surface area contributed by atoms with Gasteiger partial charge >= 0.3 is 5.97 Å². The van der Waals surface area contributed by atoms with Gasteiger partial charge in [-0.2, -0.15) is 0 Å². The molecule has 0 aliphatic heterocycles. The predicted molar refractivity (Wildman–Crippen MR) is 52.8 cm³/mol. The summed E-state index contributed by atoms with van der Waals surface area (Å²) in [4.78, 5) is 11.0. The second kappa shape index (κ2) is 2.17. The van der Waals surface area contributed by atoms with Crippen molar-refractivity contribution in [3.63, 3.8) is 0 Å². The standard InChI is InChI=1S/C12H18O2/c1-11(2)7-3-4-12(9(11)5-7)6-8(12)10(13)14/h7-9H,3-6H2,1-2H3,(H,13,14)/t7-,8-,9+,12-/m0/s1. The van der Waals surface area contributed by atoms with Crippen LogP contribution in [0.1, 0.15) is 39.5 Å². The molecular weight excluding hydrogens is 176 g/mol. The van der Waals surface area contributed by atoms with Gasteiger partial charge in [-0.3, -0.25) is 4.79 Å². The van der Waals surface area contributed by atoms with E-state index in [1.807, 2.05) is 0 Å². The SMILES string of the molecule is CC1(C)[C@H]2CC[C@@]3(C[C@H]3C(=O)O)[C@@H]1C2. The van der Waals surface area contributed by atoms with Crippen molar-refractivity contribution in [2.45, 2.75) is 39.5 Å². The molecule has 0 aromatic heterocycles. The van der Waals surface area contributed by atoms with Crippen LogP contribution in [0.5, 0.6) is 0 Å². The Morgan fingerprint density at radius 3 is 2.57 bits per heavy atom. The molecule has 0 unspecified atom stereocenters. The van der Waals surface area contributed by atoms with Gasteiger partial charge in [0.25, 0.3) is 0 Å². The summed E-state index contributed by atoms with van der Waals surface area (Å²) in [6, 6.07) is 0. The highest BCUT2D eigenvalue weighted by atomic mass is 16.4. The maximum Gasteiger partial charge on any atom is 0.307 e. The van der Waals surface area contributed by atoms with E-state index < -0.39 is 5.97 Å². The first kappa shape index (κ1) is 8.75. The first-order valence-electron chi connectivity index (χ1n) is 5.71. The lowest BCUT2D eigenvalue weighted by Crippen LogP contribution is -2.54. The van der Waals surface area contributed by atoms with Gasteiger partial charge < -0.3 is 5.11 Å². The minimum atomic E-state index is -0.550. The minimum absolute atomic E-state index is 0.00646. The molecule has 0 aromatic carbocycles. The smallest absolute Gasteiger partial charge is 0.307 e. The molecule has 14 heavy (non-hydrogen) atoms. The third-order valence-electron chi connectivity index (χ3n) is 5.54. The molecule has 4 aliphatic rings. The molecule has 1 spiro atoms. The predicted octanol–water partition coefficient (Wildman–Crippen LogP) is 2.53. The molecule has 0 saturated heterocycles.